The van der Waals surface area contributed by atoms with Crippen molar-refractivity contribution in [1.82, 2.24) is 14.3 Å². The number of hydrogen-bond acceptors (Lipinski definition) is 8. The van der Waals surface area contributed by atoms with Crippen molar-refractivity contribution < 1.29 is 29.0 Å². The fourth-order valence-electron chi connectivity index (χ4n) is 3.21. The smallest absolute Gasteiger partial charge is 0.333 e. The van der Waals surface area contributed by atoms with Gasteiger partial charge < -0.3 is 24.6 Å². The molecule has 1 saturated heterocycles. The first-order valence-electron chi connectivity index (χ1n) is 8.39. The largest absolute Gasteiger partial charge is 0.394 e. The number of ether oxygens (including phenoxy) is 1. The Balaban J connectivity index is 1.73. The molecule has 3 aromatic rings. The van der Waals surface area contributed by atoms with Gasteiger partial charge in [0.2, 0.25) is 0 Å². The fourth-order valence-corrected chi connectivity index (χ4v) is 3.21. The first-order valence-corrected chi connectivity index (χ1v) is 8.39. The van der Waals surface area contributed by atoms with Crippen LogP contribution in [0.25, 0.3) is 11.0 Å². The Bertz CT molecular complexity index is 1140. The monoisotopic (exact) mass is 393 g/mol. The Morgan fingerprint density at radius 3 is 2.68 bits per heavy atom. The van der Waals surface area contributed by atoms with E-state index in [1.165, 1.54) is 12.1 Å². The maximum Gasteiger partial charge on any atom is 0.333 e. The molecule has 4 rings (SSSR count). The zero-order valence-corrected chi connectivity index (χ0v) is 14.3. The van der Waals surface area contributed by atoms with Crippen LogP contribution in [0.1, 0.15) is 11.9 Å². The van der Waals surface area contributed by atoms with Gasteiger partial charge in [0.1, 0.15) is 29.8 Å². The highest BCUT2D eigenvalue weighted by molar-refractivity contribution is 5.79. The molecule has 4 atom stereocenters. The molecule has 2 aromatic heterocycles. The predicted molar refractivity (Wildman–Crippen MR) is 91.0 cm³/mol. The zero-order valence-electron chi connectivity index (χ0n) is 14.3. The molecule has 28 heavy (non-hydrogen) atoms. The maximum absolute atomic E-state index is 13.3. The summed E-state index contributed by atoms with van der Waals surface area (Å²) in [7, 11) is 0. The van der Waals surface area contributed by atoms with Crippen LogP contribution in [0.15, 0.2) is 44.6 Å². The van der Waals surface area contributed by atoms with Gasteiger partial charge in [0.15, 0.2) is 11.8 Å². The topological polar surface area (TPSA) is 140 Å². The van der Waals surface area contributed by atoms with Gasteiger partial charge in [-0.25, -0.2) is 9.18 Å². The molecule has 0 bridgehead atoms. The van der Waals surface area contributed by atoms with Crippen molar-refractivity contribution in [2.24, 2.45) is 0 Å². The summed E-state index contributed by atoms with van der Waals surface area (Å²) in [6.45, 7) is -0.809. The summed E-state index contributed by atoms with van der Waals surface area (Å²) < 4.78 is 25.4. The van der Waals surface area contributed by atoms with E-state index in [1.54, 1.807) is 0 Å². The molecule has 1 aliphatic heterocycles. The fraction of sp³-hybridized carbons (Fsp3) is 0.353. The molecule has 3 heterocycles. The second-order valence-electron chi connectivity index (χ2n) is 6.43. The van der Waals surface area contributed by atoms with Crippen LogP contribution in [-0.2, 0) is 11.3 Å². The van der Waals surface area contributed by atoms with Gasteiger partial charge in [0, 0.05) is 23.7 Å². The molecule has 1 aliphatic rings. The third-order valence-electron chi connectivity index (χ3n) is 4.70. The van der Waals surface area contributed by atoms with Crippen molar-refractivity contribution in [3.05, 3.63) is 62.8 Å². The highest BCUT2D eigenvalue weighted by atomic mass is 19.1. The maximum atomic E-state index is 13.3. The lowest BCUT2D eigenvalue weighted by Crippen LogP contribution is -2.43. The van der Waals surface area contributed by atoms with Crippen LogP contribution in [0.3, 0.4) is 0 Å². The number of aromatic nitrogens is 3. The van der Waals surface area contributed by atoms with Gasteiger partial charge in [-0.15, -0.1) is 0 Å². The lowest BCUT2D eigenvalue weighted by Gasteiger charge is -2.18. The number of rotatable bonds is 4. The minimum Gasteiger partial charge on any atom is -0.394 e. The van der Waals surface area contributed by atoms with Crippen molar-refractivity contribution in [2.75, 3.05) is 6.61 Å². The normalized spacial score (nSPS) is 24.9. The van der Waals surface area contributed by atoms with Gasteiger partial charge in [-0.3, -0.25) is 13.9 Å². The van der Waals surface area contributed by atoms with Crippen LogP contribution >= 0.6 is 0 Å². The number of aliphatic hydroxyl groups is 3. The molecule has 3 N–H and O–H groups in total. The molecule has 148 valence electrons. The molecular weight excluding hydrogens is 377 g/mol. The summed E-state index contributed by atoms with van der Waals surface area (Å²) in [5.74, 6) is -0.515. The standard InChI is InChI=1S/C17H16FN3O7/c18-8-1-2-9-10(19-28-11(9)5-8)6-21-13(23)3-4-20(17(21)26)16-15(25)14(24)12(7-22)27-16/h1-5,12,14-16,22,24-25H,6-7H2/t12-,14-,15-,16-/m1/s1. The number of benzene rings is 1. The van der Waals surface area contributed by atoms with Crippen LogP contribution < -0.4 is 11.2 Å². The number of nitrogens with zero attached hydrogens (tertiary/aromatic N) is 3. The number of halogens is 1. The van der Waals surface area contributed by atoms with Gasteiger partial charge in [0.25, 0.3) is 5.56 Å². The van der Waals surface area contributed by atoms with Crippen molar-refractivity contribution in [2.45, 2.75) is 31.1 Å². The quantitative estimate of drug-likeness (QED) is 0.510. The number of hydrogen-bond donors (Lipinski definition) is 3. The van der Waals surface area contributed by atoms with E-state index in [1.807, 2.05) is 0 Å². The van der Waals surface area contributed by atoms with Crippen molar-refractivity contribution in [3.8, 4) is 0 Å². The van der Waals surface area contributed by atoms with E-state index in [9.17, 15) is 29.3 Å². The summed E-state index contributed by atoms with van der Waals surface area (Å²) in [6.07, 6.45) is -4.08. The molecule has 0 aliphatic carbocycles. The molecule has 11 heteroatoms. The van der Waals surface area contributed by atoms with E-state index in [0.29, 0.717) is 5.39 Å². The van der Waals surface area contributed by atoms with Crippen molar-refractivity contribution >= 4 is 11.0 Å². The van der Waals surface area contributed by atoms with Gasteiger partial charge in [-0.2, -0.15) is 0 Å². The van der Waals surface area contributed by atoms with Crippen molar-refractivity contribution in [1.29, 1.82) is 0 Å². The number of fused-ring (bicyclic) bond motifs is 1. The third kappa shape index (κ3) is 2.94. The lowest BCUT2D eigenvalue weighted by atomic mass is 10.1. The summed E-state index contributed by atoms with van der Waals surface area (Å²) in [6, 6.07) is 4.86. The van der Waals surface area contributed by atoms with Gasteiger partial charge in [-0.1, -0.05) is 5.16 Å². The highest BCUT2D eigenvalue weighted by Crippen LogP contribution is 2.28. The average molecular weight is 393 g/mol. The molecular formula is C17H16FN3O7. The highest BCUT2D eigenvalue weighted by Gasteiger charge is 2.43. The SMILES string of the molecule is O=c1ccn([C@@H]2O[C@H](CO)[C@@H](O)[C@H]2O)c(=O)n1Cc1noc2cc(F)ccc12. The molecule has 0 unspecified atom stereocenters. The zero-order chi connectivity index (χ0) is 20.0. The Labute approximate surface area is 155 Å². The Morgan fingerprint density at radius 1 is 1.18 bits per heavy atom. The van der Waals surface area contributed by atoms with Crippen molar-refractivity contribution in [3.63, 3.8) is 0 Å². The average Bonchev–Trinajstić information content (AvgIpc) is 3.20. The van der Waals surface area contributed by atoms with Crippen LogP contribution in [0.2, 0.25) is 0 Å². The van der Waals surface area contributed by atoms with Gasteiger partial charge in [-0.05, 0) is 12.1 Å². The molecule has 0 saturated carbocycles. The second-order valence-corrected chi connectivity index (χ2v) is 6.43. The van der Waals surface area contributed by atoms with Crippen LogP contribution in [0.5, 0.6) is 0 Å². The van der Waals surface area contributed by atoms with E-state index in [0.717, 1.165) is 27.5 Å². The Hall–Kier alpha value is -2.86. The Kier molecular flexibility index (Phi) is 4.59. The molecule has 0 radical (unpaired) electrons. The van der Waals surface area contributed by atoms with Crippen LogP contribution in [0.4, 0.5) is 4.39 Å². The minimum atomic E-state index is -1.48. The molecule has 1 fully saturated rings. The third-order valence-corrected chi connectivity index (χ3v) is 4.70. The summed E-state index contributed by atoms with van der Waals surface area (Å²) in [5, 5.41) is 33.4. The van der Waals surface area contributed by atoms with Gasteiger partial charge in [0.05, 0.1) is 13.2 Å². The second kappa shape index (κ2) is 6.95. The first-order chi connectivity index (χ1) is 13.4. The van der Waals surface area contributed by atoms with E-state index in [2.05, 4.69) is 5.16 Å². The van der Waals surface area contributed by atoms with E-state index >= 15 is 0 Å². The minimum absolute atomic E-state index is 0.169. The number of aliphatic hydroxyl groups excluding tert-OH is 3. The predicted octanol–water partition coefficient (Wildman–Crippen LogP) is -1.05. The van der Waals surface area contributed by atoms with Crippen LogP contribution in [0, 0.1) is 5.82 Å². The van der Waals surface area contributed by atoms with Crippen LogP contribution in [-0.4, -0.2) is 54.5 Å². The summed E-state index contributed by atoms with van der Waals surface area (Å²) in [4.78, 5) is 25.0. The van der Waals surface area contributed by atoms with E-state index in [4.69, 9.17) is 9.26 Å². The molecule has 0 spiro atoms. The first kappa shape index (κ1) is 18.5. The summed E-state index contributed by atoms with van der Waals surface area (Å²) in [5.41, 5.74) is -1.04. The lowest BCUT2D eigenvalue weighted by molar-refractivity contribution is -0.0555. The van der Waals surface area contributed by atoms with E-state index < -0.39 is 48.2 Å². The molecule has 0 amide bonds. The van der Waals surface area contributed by atoms with Gasteiger partial charge >= 0.3 is 5.69 Å². The molecule has 1 aromatic carbocycles. The summed E-state index contributed by atoms with van der Waals surface area (Å²) >= 11 is 0. The van der Waals surface area contributed by atoms with E-state index in [-0.39, 0.29) is 17.8 Å². The molecule has 10 nitrogen and oxygen atoms in total. The Morgan fingerprint density at radius 2 is 1.96 bits per heavy atom.